The average molecular weight is 502 g/mol. The Morgan fingerprint density at radius 3 is 2.42 bits per heavy atom. The number of carboxylic acid groups (broad SMARTS) is 2. The number of hydrogen-bond donors (Lipinski definition) is 7. The monoisotopic (exact) mass is 501 g/mol. The van der Waals surface area contributed by atoms with Crippen LogP contribution in [-0.2, 0) is 30.4 Å². The SMILES string of the molecule is CC(NC(=O)C1CCCN1)C(=O)NC(Cc1c[nH]c2ccccc12)C(=O)NC(CCC(=O)O)C(=O)O. The standard InChI is InChI=1S/C24H31N5O7/c1-13(27-22(33)17-7-4-10-25-17)21(32)29-19(11-14-12-26-16-6-3-2-5-15(14)16)23(34)28-18(24(35)36)8-9-20(30)31/h2-3,5-6,12-13,17-19,25-26H,4,7-11H2,1H3,(H,27,33)(H,28,34)(H,29,32)(H,30,31)(H,35,36). The Morgan fingerprint density at radius 2 is 1.75 bits per heavy atom. The van der Waals surface area contributed by atoms with Crippen molar-refractivity contribution in [1.29, 1.82) is 0 Å². The molecule has 1 fully saturated rings. The van der Waals surface area contributed by atoms with Gasteiger partial charge in [-0.05, 0) is 44.4 Å². The Bertz CT molecular complexity index is 1130. The molecular formula is C24H31N5O7. The lowest BCUT2D eigenvalue weighted by Gasteiger charge is -2.23. The Morgan fingerprint density at radius 1 is 1.03 bits per heavy atom. The van der Waals surface area contributed by atoms with Crippen molar-refractivity contribution in [2.45, 2.75) is 63.2 Å². The van der Waals surface area contributed by atoms with Gasteiger partial charge < -0.3 is 36.5 Å². The molecule has 12 nitrogen and oxygen atoms in total. The number of hydrogen-bond acceptors (Lipinski definition) is 6. The van der Waals surface area contributed by atoms with Crippen LogP contribution < -0.4 is 21.3 Å². The second-order valence-corrected chi connectivity index (χ2v) is 8.84. The van der Waals surface area contributed by atoms with Crippen LogP contribution in [0, 0.1) is 0 Å². The second-order valence-electron chi connectivity index (χ2n) is 8.84. The van der Waals surface area contributed by atoms with Gasteiger partial charge in [0.15, 0.2) is 0 Å². The van der Waals surface area contributed by atoms with Gasteiger partial charge in [-0.2, -0.15) is 0 Å². The van der Waals surface area contributed by atoms with Gasteiger partial charge in [0.2, 0.25) is 17.7 Å². The summed E-state index contributed by atoms with van der Waals surface area (Å²) in [4.78, 5) is 64.0. The van der Waals surface area contributed by atoms with Crippen LogP contribution in [0.2, 0.25) is 0 Å². The fourth-order valence-corrected chi connectivity index (χ4v) is 4.11. The van der Waals surface area contributed by atoms with E-state index in [4.69, 9.17) is 5.11 Å². The van der Waals surface area contributed by atoms with E-state index in [0.29, 0.717) is 6.42 Å². The molecule has 0 bridgehead atoms. The highest BCUT2D eigenvalue weighted by Crippen LogP contribution is 2.19. The molecule has 1 aromatic heterocycles. The predicted octanol–water partition coefficient (Wildman–Crippen LogP) is -0.114. The Balaban J connectivity index is 1.75. The molecule has 194 valence electrons. The van der Waals surface area contributed by atoms with Crippen molar-refractivity contribution in [3.8, 4) is 0 Å². The highest BCUT2D eigenvalue weighted by molar-refractivity contribution is 5.94. The number of carboxylic acids is 2. The largest absolute Gasteiger partial charge is 0.481 e. The van der Waals surface area contributed by atoms with E-state index in [1.807, 2.05) is 24.3 Å². The van der Waals surface area contributed by atoms with E-state index < -0.39 is 48.3 Å². The number of benzene rings is 1. The number of carbonyl (C=O) groups is 5. The smallest absolute Gasteiger partial charge is 0.326 e. The van der Waals surface area contributed by atoms with Gasteiger partial charge in [-0.15, -0.1) is 0 Å². The second kappa shape index (κ2) is 12.2. The summed E-state index contributed by atoms with van der Waals surface area (Å²) in [7, 11) is 0. The Kier molecular flexibility index (Phi) is 9.01. The number of aromatic nitrogens is 1. The van der Waals surface area contributed by atoms with Gasteiger partial charge in [-0.1, -0.05) is 18.2 Å². The first kappa shape index (κ1) is 26.7. The maximum absolute atomic E-state index is 13.1. The summed E-state index contributed by atoms with van der Waals surface area (Å²) in [6.07, 6.45) is 2.50. The van der Waals surface area contributed by atoms with E-state index in [1.165, 1.54) is 6.92 Å². The molecule has 1 saturated heterocycles. The molecule has 0 spiro atoms. The van der Waals surface area contributed by atoms with Crippen molar-refractivity contribution >= 4 is 40.6 Å². The van der Waals surface area contributed by atoms with E-state index in [0.717, 1.165) is 29.4 Å². The maximum Gasteiger partial charge on any atom is 0.326 e. The first-order valence-corrected chi connectivity index (χ1v) is 11.8. The van der Waals surface area contributed by atoms with Gasteiger partial charge in [-0.25, -0.2) is 4.79 Å². The molecular weight excluding hydrogens is 470 g/mol. The minimum absolute atomic E-state index is 0.0394. The van der Waals surface area contributed by atoms with E-state index in [2.05, 4.69) is 26.3 Å². The average Bonchev–Trinajstić information content (AvgIpc) is 3.51. The normalized spacial score (nSPS) is 17.6. The summed E-state index contributed by atoms with van der Waals surface area (Å²) >= 11 is 0. The molecule has 1 aliphatic heterocycles. The van der Waals surface area contributed by atoms with E-state index in [1.54, 1.807) is 6.20 Å². The zero-order valence-electron chi connectivity index (χ0n) is 19.9. The van der Waals surface area contributed by atoms with Crippen LogP contribution >= 0.6 is 0 Å². The molecule has 36 heavy (non-hydrogen) atoms. The fraction of sp³-hybridized carbons (Fsp3) is 0.458. The number of carbonyl (C=O) groups excluding carboxylic acids is 3. The zero-order chi connectivity index (χ0) is 26.2. The van der Waals surface area contributed by atoms with Gasteiger partial charge in [0, 0.05) is 29.9 Å². The third-order valence-corrected chi connectivity index (χ3v) is 6.12. The lowest BCUT2D eigenvalue weighted by Crippen LogP contribution is -2.56. The summed E-state index contributed by atoms with van der Waals surface area (Å²) in [6.45, 7) is 2.22. The van der Waals surface area contributed by atoms with Gasteiger partial charge in [0.1, 0.15) is 18.1 Å². The van der Waals surface area contributed by atoms with Gasteiger partial charge in [-0.3, -0.25) is 19.2 Å². The molecule has 0 aliphatic carbocycles. The van der Waals surface area contributed by atoms with Crippen LogP contribution in [0.3, 0.4) is 0 Å². The topological polar surface area (TPSA) is 190 Å². The summed E-state index contributed by atoms with van der Waals surface area (Å²) in [5.41, 5.74) is 1.54. The predicted molar refractivity (Wildman–Crippen MR) is 129 cm³/mol. The van der Waals surface area contributed by atoms with Crippen LogP contribution in [0.25, 0.3) is 10.9 Å². The summed E-state index contributed by atoms with van der Waals surface area (Å²) in [5, 5.41) is 29.8. The molecule has 2 heterocycles. The lowest BCUT2D eigenvalue weighted by atomic mass is 10.0. The number of aliphatic carboxylic acids is 2. The Labute approximate surface area is 207 Å². The molecule has 3 rings (SSSR count). The maximum atomic E-state index is 13.1. The summed E-state index contributed by atoms with van der Waals surface area (Å²) in [5.74, 6) is -4.28. The van der Waals surface area contributed by atoms with E-state index >= 15 is 0 Å². The first-order chi connectivity index (χ1) is 17.2. The molecule has 2 aromatic rings. The minimum Gasteiger partial charge on any atom is -0.481 e. The quantitative estimate of drug-likeness (QED) is 0.209. The molecule has 1 aromatic carbocycles. The zero-order valence-corrected chi connectivity index (χ0v) is 19.9. The highest BCUT2D eigenvalue weighted by atomic mass is 16.4. The number of rotatable bonds is 12. The van der Waals surface area contributed by atoms with Crippen molar-refractivity contribution in [3.05, 3.63) is 36.0 Å². The van der Waals surface area contributed by atoms with Crippen LogP contribution in [0.15, 0.2) is 30.5 Å². The van der Waals surface area contributed by atoms with Gasteiger partial charge >= 0.3 is 11.9 Å². The van der Waals surface area contributed by atoms with Crippen molar-refractivity contribution in [2.75, 3.05) is 6.54 Å². The number of nitrogens with one attached hydrogen (secondary N) is 5. The number of amides is 3. The van der Waals surface area contributed by atoms with Crippen molar-refractivity contribution in [1.82, 2.24) is 26.3 Å². The van der Waals surface area contributed by atoms with E-state index in [9.17, 15) is 29.1 Å². The van der Waals surface area contributed by atoms with Crippen molar-refractivity contribution < 1.29 is 34.2 Å². The number of H-pyrrole nitrogens is 1. The summed E-state index contributed by atoms with van der Waals surface area (Å²) < 4.78 is 0. The highest BCUT2D eigenvalue weighted by Gasteiger charge is 2.30. The molecule has 4 unspecified atom stereocenters. The third kappa shape index (κ3) is 7.04. The molecule has 3 amide bonds. The van der Waals surface area contributed by atoms with Gasteiger partial charge in [0.25, 0.3) is 0 Å². The van der Waals surface area contributed by atoms with Gasteiger partial charge in [0.05, 0.1) is 6.04 Å². The lowest BCUT2D eigenvalue weighted by molar-refractivity contribution is -0.143. The molecule has 0 saturated carbocycles. The first-order valence-electron chi connectivity index (χ1n) is 11.8. The van der Waals surface area contributed by atoms with E-state index in [-0.39, 0.29) is 24.8 Å². The molecule has 4 atom stereocenters. The van der Waals surface area contributed by atoms with Crippen molar-refractivity contribution in [2.24, 2.45) is 0 Å². The number of para-hydroxylation sites is 1. The van der Waals surface area contributed by atoms with Crippen LogP contribution in [0.5, 0.6) is 0 Å². The van der Waals surface area contributed by atoms with Crippen LogP contribution in [-0.4, -0.2) is 75.6 Å². The molecule has 7 N–H and O–H groups in total. The fourth-order valence-electron chi connectivity index (χ4n) is 4.11. The number of aromatic amines is 1. The molecule has 12 heteroatoms. The number of fused-ring (bicyclic) bond motifs is 1. The van der Waals surface area contributed by atoms with Crippen LogP contribution in [0.1, 0.15) is 38.2 Å². The Hall–Kier alpha value is -3.93. The minimum atomic E-state index is -1.44. The summed E-state index contributed by atoms with van der Waals surface area (Å²) in [6, 6.07) is 3.44. The third-order valence-electron chi connectivity index (χ3n) is 6.12. The molecule has 0 radical (unpaired) electrons. The van der Waals surface area contributed by atoms with Crippen LogP contribution in [0.4, 0.5) is 0 Å². The molecule has 1 aliphatic rings. The van der Waals surface area contributed by atoms with Crippen molar-refractivity contribution in [3.63, 3.8) is 0 Å².